The lowest BCUT2D eigenvalue weighted by Gasteiger charge is -2.07. The molecule has 9 nitrogen and oxygen atoms in total. The van der Waals surface area contributed by atoms with Gasteiger partial charge in [0.05, 0.1) is 47.6 Å². The Labute approximate surface area is 173 Å². The molecule has 1 aliphatic carbocycles. The molecule has 0 bridgehead atoms. The van der Waals surface area contributed by atoms with Crippen LogP contribution in [0.5, 0.6) is 5.88 Å². The van der Waals surface area contributed by atoms with E-state index in [1.807, 2.05) is 0 Å². The number of amides is 1. The predicted octanol–water partition coefficient (Wildman–Crippen LogP) is 1.81. The molecule has 3 heterocycles. The molecule has 10 heteroatoms. The number of hydrogen-bond acceptors (Lipinski definition) is 8. The number of rotatable bonds is 7. The van der Waals surface area contributed by atoms with Crippen molar-refractivity contribution in [2.75, 3.05) is 7.11 Å². The molecule has 0 radical (unpaired) electrons. The summed E-state index contributed by atoms with van der Waals surface area (Å²) in [4.78, 5) is 29.3. The first-order valence-electron chi connectivity index (χ1n) is 9.27. The van der Waals surface area contributed by atoms with E-state index in [1.54, 1.807) is 18.3 Å². The number of hydrogen-bond donors (Lipinski definition) is 1. The third-order valence-electron chi connectivity index (χ3n) is 4.62. The molecule has 1 amide bonds. The minimum atomic E-state index is -3.30. The van der Waals surface area contributed by atoms with Crippen LogP contribution in [0, 0.1) is 0 Å². The molecule has 30 heavy (non-hydrogen) atoms. The Bertz CT molecular complexity index is 1180. The van der Waals surface area contributed by atoms with Crippen LogP contribution < -0.4 is 10.1 Å². The molecule has 0 saturated heterocycles. The first-order chi connectivity index (χ1) is 14.5. The fraction of sp³-hybridized carbons (Fsp3) is 0.250. The van der Waals surface area contributed by atoms with Gasteiger partial charge in [0.25, 0.3) is 5.91 Å². The molecule has 0 aliphatic heterocycles. The molecule has 3 aromatic rings. The molecule has 154 valence electrons. The molecule has 0 aromatic carbocycles. The smallest absolute Gasteiger partial charge is 0.270 e. The molecule has 0 unspecified atom stereocenters. The second-order valence-corrected chi connectivity index (χ2v) is 9.02. The van der Waals surface area contributed by atoms with E-state index < -0.39 is 15.7 Å². The van der Waals surface area contributed by atoms with E-state index in [-0.39, 0.29) is 22.4 Å². The van der Waals surface area contributed by atoms with Crippen LogP contribution in [0.3, 0.4) is 0 Å². The van der Waals surface area contributed by atoms with Crippen molar-refractivity contribution in [3.63, 3.8) is 0 Å². The summed E-state index contributed by atoms with van der Waals surface area (Å²) in [6.45, 7) is 0.0949. The van der Waals surface area contributed by atoms with Crippen LogP contribution in [-0.4, -0.2) is 46.6 Å². The second-order valence-electron chi connectivity index (χ2n) is 6.79. The van der Waals surface area contributed by atoms with Gasteiger partial charge in [-0.2, -0.15) is 0 Å². The summed E-state index contributed by atoms with van der Waals surface area (Å²) in [5.41, 5.74) is 1.95. The standard InChI is InChI=1S/C20H19N5O4S/c1-29-19-12-21-11-18(25-19)13-2-5-17(23-9-13)20(26)24-10-14-8-16(6-7-22-14)30(27,28)15-3-4-15/h2,5-9,11-12,15H,3-4,10H2,1H3,(H,24,26). The Morgan fingerprint density at radius 3 is 2.70 bits per heavy atom. The topological polar surface area (TPSA) is 124 Å². The number of pyridine rings is 2. The van der Waals surface area contributed by atoms with Crippen LogP contribution in [-0.2, 0) is 16.4 Å². The van der Waals surface area contributed by atoms with E-state index in [0.29, 0.717) is 35.7 Å². The lowest BCUT2D eigenvalue weighted by atomic mass is 10.2. The molecule has 1 N–H and O–H groups in total. The Balaban J connectivity index is 1.42. The third kappa shape index (κ3) is 4.28. The maximum Gasteiger partial charge on any atom is 0.270 e. The maximum atomic E-state index is 12.4. The summed E-state index contributed by atoms with van der Waals surface area (Å²) in [7, 11) is -1.79. The number of sulfone groups is 1. The Morgan fingerprint density at radius 2 is 2.00 bits per heavy atom. The van der Waals surface area contributed by atoms with Gasteiger partial charge in [-0.1, -0.05) is 0 Å². The first kappa shape index (κ1) is 19.9. The van der Waals surface area contributed by atoms with Gasteiger partial charge in [-0.05, 0) is 37.1 Å². The number of methoxy groups -OCH3 is 1. The fourth-order valence-corrected chi connectivity index (χ4v) is 4.52. The summed E-state index contributed by atoms with van der Waals surface area (Å²) in [5, 5.41) is 2.42. The maximum absolute atomic E-state index is 12.4. The summed E-state index contributed by atoms with van der Waals surface area (Å²) >= 11 is 0. The van der Waals surface area contributed by atoms with E-state index in [4.69, 9.17) is 4.74 Å². The van der Waals surface area contributed by atoms with Crippen molar-refractivity contribution >= 4 is 15.7 Å². The molecule has 3 aromatic heterocycles. The molecule has 1 aliphatic rings. The van der Waals surface area contributed by atoms with Gasteiger partial charge in [0.15, 0.2) is 9.84 Å². The van der Waals surface area contributed by atoms with Gasteiger partial charge in [-0.15, -0.1) is 0 Å². The van der Waals surface area contributed by atoms with Gasteiger partial charge in [-0.25, -0.2) is 13.4 Å². The van der Waals surface area contributed by atoms with Crippen molar-refractivity contribution in [2.45, 2.75) is 29.5 Å². The normalized spacial score (nSPS) is 13.6. The summed E-state index contributed by atoms with van der Waals surface area (Å²) in [5.74, 6) is -0.0109. The molecule has 1 saturated carbocycles. The van der Waals surface area contributed by atoms with E-state index in [2.05, 4.69) is 25.3 Å². The lowest BCUT2D eigenvalue weighted by molar-refractivity contribution is 0.0945. The minimum absolute atomic E-state index is 0.0949. The van der Waals surface area contributed by atoms with E-state index in [0.717, 1.165) is 0 Å². The monoisotopic (exact) mass is 425 g/mol. The summed E-state index contributed by atoms with van der Waals surface area (Å²) in [6.07, 6.45) is 7.43. The van der Waals surface area contributed by atoms with Gasteiger partial charge in [-0.3, -0.25) is 19.7 Å². The second kappa shape index (κ2) is 8.15. The van der Waals surface area contributed by atoms with Crippen molar-refractivity contribution in [3.05, 3.63) is 60.4 Å². The number of nitrogens with zero attached hydrogens (tertiary/aromatic N) is 4. The molecule has 0 spiro atoms. The van der Waals surface area contributed by atoms with Crippen molar-refractivity contribution < 1.29 is 17.9 Å². The van der Waals surface area contributed by atoms with E-state index >= 15 is 0 Å². The largest absolute Gasteiger partial charge is 0.480 e. The van der Waals surface area contributed by atoms with Gasteiger partial charge in [0.1, 0.15) is 5.69 Å². The zero-order valence-electron chi connectivity index (χ0n) is 16.1. The quantitative estimate of drug-likeness (QED) is 0.608. The summed E-state index contributed by atoms with van der Waals surface area (Å²) < 4.78 is 29.8. The number of carbonyl (C=O) groups excluding carboxylic acids is 1. The highest BCUT2D eigenvalue weighted by molar-refractivity contribution is 7.92. The van der Waals surface area contributed by atoms with Crippen LogP contribution in [0.4, 0.5) is 0 Å². The van der Waals surface area contributed by atoms with Crippen LogP contribution in [0.1, 0.15) is 29.0 Å². The highest BCUT2D eigenvalue weighted by atomic mass is 32.2. The van der Waals surface area contributed by atoms with Crippen LogP contribution in [0.2, 0.25) is 0 Å². The van der Waals surface area contributed by atoms with Crippen molar-refractivity contribution in [1.29, 1.82) is 0 Å². The van der Waals surface area contributed by atoms with Crippen LogP contribution in [0.15, 0.2) is 53.9 Å². The van der Waals surface area contributed by atoms with Gasteiger partial charge < -0.3 is 10.1 Å². The highest BCUT2D eigenvalue weighted by Crippen LogP contribution is 2.33. The molecule has 0 atom stereocenters. The lowest BCUT2D eigenvalue weighted by Crippen LogP contribution is -2.24. The molecular weight excluding hydrogens is 406 g/mol. The SMILES string of the molecule is COc1cncc(-c2ccc(C(=O)NCc3cc(S(=O)(=O)C4CC4)ccn3)nc2)n1. The van der Waals surface area contributed by atoms with Crippen LogP contribution >= 0.6 is 0 Å². The van der Waals surface area contributed by atoms with Gasteiger partial charge in [0, 0.05) is 18.0 Å². The van der Waals surface area contributed by atoms with E-state index in [1.165, 1.54) is 37.8 Å². The number of nitrogens with one attached hydrogen (secondary N) is 1. The minimum Gasteiger partial charge on any atom is -0.480 e. The fourth-order valence-electron chi connectivity index (χ4n) is 2.83. The average molecular weight is 425 g/mol. The Hall–Kier alpha value is -3.40. The molecule has 1 fully saturated rings. The zero-order valence-corrected chi connectivity index (χ0v) is 17.0. The van der Waals surface area contributed by atoms with Crippen molar-refractivity contribution in [1.82, 2.24) is 25.3 Å². The molecule has 4 rings (SSSR count). The van der Waals surface area contributed by atoms with Gasteiger partial charge in [0.2, 0.25) is 5.88 Å². The summed E-state index contributed by atoms with van der Waals surface area (Å²) in [6, 6.07) is 6.28. The predicted molar refractivity (Wildman–Crippen MR) is 107 cm³/mol. The third-order valence-corrected chi connectivity index (χ3v) is 6.88. The average Bonchev–Trinajstić information content (AvgIpc) is 3.64. The number of aromatic nitrogens is 4. The van der Waals surface area contributed by atoms with E-state index in [9.17, 15) is 13.2 Å². The zero-order chi connectivity index (χ0) is 21.1. The Kier molecular flexibility index (Phi) is 5.40. The first-order valence-corrected chi connectivity index (χ1v) is 10.8. The van der Waals surface area contributed by atoms with Crippen molar-refractivity contribution in [3.8, 4) is 17.1 Å². The van der Waals surface area contributed by atoms with Gasteiger partial charge >= 0.3 is 0 Å². The van der Waals surface area contributed by atoms with Crippen molar-refractivity contribution in [2.24, 2.45) is 0 Å². The highest BCUT2D eigenvalue weighted by Gasteiger charge is 2.36. The number of ether oxygens (including phenoxy) is 1. The molecular formula is C20H19N5O4S. The van der Waals surface area contributed by atoms with Crippen LogP contribution in [0.25, 0.3) is 11.3 Å². The Morgan fingerprint density at radius 1 is 1.17 bits per heavy atom. The number of carbonyl (C=O) groups is 1.